The SMILES string of the molecule is CC(C)CCc1ccc(C=O)n1C. The van der Waals surface area contributed by atoms with Crippen molar-refractivity contribution in [3.8, 4) is 0 Å². The summed E-state index contributed by atoms with van der Waals surface area (Å²) in [6.45, 7) is 4.42. The Morgan fingerprint density at radius 2 is 2.15 bits per heavy atom. The molecule has 0 aliphatic carbocycles. The van der Waals surface area contributed by atoms with Crippen LogP contribution in [0.2, 0.25) is 0 Å². The Hall–Kier alpha value is -1.05. The van der Waals surface area contributed by atoms with Gasteiger partial charge in [-0.2, -0.15) is 0 Å². The molecule has 0 fully saturated rings. The normalized spacial score (nSPS) is 10.8. The maximum Gasteiger partial charge on any atom is 0.166 e. The van der Waals surface area contributed by atoms with Gasteiger partial charge in [0.05, 0.1) is 5.69 Å². The number of hydrogen-bond donors (Lipinski definition) is 0. The lowest BCUT2D eigenvalue weighted by Crippen LogP contribution is -2.01. The molecule has 0 bridgehead atoms. The van der Waals surface area contributed by atoms with E-state index < -0.39 is 0 Å². The smallest absolute Gasteiger partial charge is 0.166 e. The van der Waals surface area contributed by atoms with Crippen LogP contribution in [-0.4, -0.2) is 10.9 Å². The fraction of sp³-hybridized carbons (Fsp3) is 0.545. The van der Waals surface area contributed by atoms with E-state index in [-0.39, 0.29) is 0 Å². The number of hydrogen-bond acceptors (Lipinski definition) is 1. The van der Waals surface area contributed by atoms with Gasteiger partial charge in [-0.1, -0.05) is 13.8 Å². The standard InChI is InChI=1S/C11H17NO/c1-9(2)4-5-10-6-7-11(8-13)12(10)3/h6-9H,4-5H2,1-3H3. The number of carbonyl (C=O) groups is 1. The van der Waals surface area contributed by atoms with E-state index in [1.165, 1.54) is 12.1 Å². The third-order valence-corrected chi connectivity index (χ3v) is 2.36. The highest BCUT2D eigenvalue weighted by atomic mass is 16.1. The van der Waals surface area contributed by atoms with Gasteiger partial charge in [-0.05, 0) is 30.9 Å². The molecule has 0 aromatic carbocycles. The topological polar surface area (TPSA) is 22.0 Å². The van der Waals surface area contributed by atoms with Gasteiger partial charge in [0, 0.05) is 12.7 Å². The van der Waals surface area contributed by atoms with E-state index in [9.17, 15) is 4.79 Å². The van der Waals surface area contributed by atoms with Crippen LogP contribution in [0.3, 0.4) is 0 Å². The molecule has 1 rings (SSSR count). The molecule has 0 aliphatic rings. The zero-order chi connectivity index (χ0) is 9.84. The third-order valence-electron chi connectivity index (χ3n) is 2.36. The molecule has 1 aromatic rings. The Morgan fingerprint density at radius 1 is 1.46 bits per heavy atom. The molecule has 13 heavy (non-hydrogen) atoms. The fourth-order valence-corrected chi connectivity index (χ4v) is 1.38. The van der Waals surface area contributed by atoms with Crippen LogP contribution >= 0.6 is 0 Å². The van der Waals surface area contributed by atoms with E-state index >= 15 is 0 Å². The number of rotatable bonds is 4. The fourth-order valence-electron chi connectivity index (χ4n) is 1.38. The zero-order valence-electron chi connectivity index (χ0n) is 8.58. The third kappa shape index (κ3) is 2.44. The first-order valence-electron chi connectivity index (χ1n) is 4.75. The molecule has 0 saturated carbocycles. The van der Waals surface area contributed by atoms with E-state index in [0.717, 1.165) is 24.3 Å². The van der Waals surface area contributed by atoms with Gasteiger partial charge < -0.3 is 4.57 Å². The van der Waals surface area contributed by atoms with Crippen molar-refractivity contribution in [1.82, 2.24) is 4.57 Å². The zero-order valence-corrected chi connectivity index (χ0v) is 8.58. The first-order chi connectivity index (χ1) is 6.15. The molecule has 0 spiro atoms. The minimum atomic E-state index is 0.717. The Balaban J connectivity index is 2.67. The lowest BCUT2D eigenvalue weighted by molar-refractivity contribution is 0.111. The monoisotopic (exact) mass is 179 g/mol. The molecule has 1 heterocycles. The van der Waals surface area contributed by atoms with Crippen LogP contribution in [0, 0.1) is 5.92 Å². The second kappa shape index (κ2) is 4.26. The van der Waals surface area contributed by atoms with E-state index in [2.05, 4.69) is 13.8 Å². The second-order valence-electron chi connectivity index (χ2n) is 3.86. The maximum absolute atomic E-state index is 10.6. The van der Waals surface area contributed by atoms with Gasteiger partial charge >= 0.3 is 0 Å². The maximum atomic E-state index is 10.6. The van der Waals surface area contributed by atoms with Crippen molar-refractivity contribution in [1.29, 1.82) is 0 Å². The summed E-state index contributed by atoms with van der Waals surface area (Å²) in [6, 6.07) is 3.91. The minimum absolute atomic E-state index is 0.717. The Labute approximate surface area is 79.6 Å². The summed E-state index contributed by atoms with van der Waals surface area (Å²) in [6.07, 6.45) is 3.14. The summed E-state index contributed by atoms with van der Waals surface area (Å²) >= 11 is 0. The Bertz CT molecular complexity index is 286. The predicted molar refractivity (Wildman–Crippen MR) is 54.0 cm³/mol. The average molecular weight is 179 g/mol. The van der Waals surface area contributed by atoms with Crippen LogP contribution in [0.1, 0.15) is 36.5 Å². The summed E-state index contributed by atoms with van der Waals surface area (Å²) < 4.78 is 1.97. The lowest BCUT2D eigenvalue weighted by atomic mass is 10.1. The molecule has 2 heteroatoms. The minimum Gasteiger partial charge on any atom is -0.346 e. The highest BCUT2D eigenvalue weighted by Gasteiger charge is 2.03. The van der Waals surface area contributed by atoms with Crippen molar-refractivity contribution in [2.75, 3.05) is 0 Å². The predicted octanol–water partition coefficient (Wildman–Crippen LogP) is 2.43. The number of aromatic nitrogens is 1. The summed E-state index contributed by atoms with van der Waals surface area (Å²) in [5.41, 5.74) is 2.01. The quantitative estimate of drug-likeness (QED) is 0.651. The molecule has 0 amide bonds. The molecular formula is C11H17NO. The number of nitrogens with zero attached hydrogens (tertiary/aromatic N) is 1. The number of carbonyl (C=O) groups excluding carboxylic acids is 1. The molecule has 1 aromatic heterocycles. The van der Waals surface area contributed by atoms with Crippen molar-refractivity contribution in [3.63, 3.8) is 0 Å². The van der Waals surface area contributed by atoms with Crippen molar-refractivity contribution in [2.45, 2.75) is 26.7 Å². The van der Waals surface area contributed by atoms with E-state index in [1.807, 2.05) is 23.7 Å². The molecule has 0 saturated heterocycles. The van der Waals surface area contributed by atoms with Crippen molar-refractivity contribution >= 4 is 6.29 Å². The van der Waals surface area contributed by atoms with Crippen molar-refractivity contribution in [2.24, 2.45) is 13.0 Å². The first-order valence-corrected chi connectivity index (χ1v) is 4.75. The molecular weight excluding hydrogens is 162 g/mol. The van der Waals surface area contributed by atoms with Crippen LogP contribution in [0.4, 0.5) is 0 Å². The highest BCUT2D eigenvalue weighted by molar-refractivity contribution is 5.72. The molecule has 72 valence electrons. The molecule has 0 aliphatic heterocycles. The highest BCUT2D eigenvalue weighted by Crippen LogP contribution is 2.11. The Morgan fingerprint density at radius 3 is 2.62 bits per heavy atom. The van der Waals surface area contributed by atoms with Crippen LogP contribution < -0.4 is 0 Å². The largest absolute Gasteiger partial charge is 0.346 e. The Kier molecular flexibility index (Phi) is 3.29. The van der Waals surface area contributed by atoms with Gasteiger partial charge in [-0.3, -0.25) is 4.79 Å². The van der Waals surface area contributed by atoms with E-state index in [0.29, 0.717) is 0 Å². The molecule has 0 unspecified atom stereocenters. The summed E-state index contributed by atoms with van der Waals surface area (Å²) in [7, 11) is 1.94. The molecule has 2 nitrogen and oxygen atoms in total. The first kappa shape index (κ1) is 10.0. The summed E-state index contributed by atoms with van der Waals surface area (Å²) in [5.74, 6) is 0.717. The summed E-state index contributed by atoms with van der Waals surface area (Å²) in [4.78, 5) is 10.6. The van der Waals surface area contributed by atoms with Gasteiger partial charge in [-0.15, -0.1) is 0 Å². The van der Waals surface area contributed by atoms with Gasteiger partial charge in [0.2, 0.25) is 0 Å². The number of aldehydes is 1. The van der Waals surface area contributed by atoms with Gasteiger partial charge in [0.25, 0.3) is 0 Å². The van der Waals surface area contributed by atoms with Gasteiger partial charge in [-0.25, -0.2) is 0 Å². The number of aryl methyl sites for hydroxylation is 1. The van der Waals surface area contributed by atoms with Crippen molar-refractivity contribution < 1.29 is 4.79 Å². The van der Waals surface area contributed by atoms with E-state index in [1.54, 1.807) is 0 Å². The second-order valence-corrected chi connectivity index (χ2v) is 3.86. The van der Waals surface area contributed by atoms with Crippen LogP contribution in [-0.2, 0) is 13.5 Å². The average Bonchev–Trinajstić information content (AvgIpc) is 2.43. The molecule has 0 N–H and O–H groups in total. The molecule has 0 atom stereocenters. The lowest BCUT2D eigenvalue weighted by Gasteiger charge is -2.06. The van der Waals surface area contributed by atoms with Crippen molar-refractivity contribution in [3.05, 3.63) is 23.5 Å². The van der Waals surface area contributed by atoms with Gasteiger partial charge in [0.1, 0.15) is 0 Å². The van der Waals surface area contributed by atoms with Crippen LogP contribution in [0.15, 0.2) is 12.1 Å². The van der Waals surface area contributed by atoms with Gasteiger partial charge in [0.15, 0.2) is 6.29 Å². The van der Waals surface area contributed by atoms with Crippen LogP contribution in [0.25, 0.3) is 0 Å². The van der Waals surface area contributed by atoms with Crippen LogP contribution in [0.5, 0.6) is 0 Å². The summed E-state index contributed by atoms with van der Waals surface area (Å²) in [5, 5.41) is 0. The molecule has 0 radical (unpaired) electrons. The van der Waals surface area contributed by atoms with E-state index in [4.69, 9.17) is 0 Å².